The molecule has 3 nitrogen and oxygen atoms in total. The Bertz CT molecular complexity index is 102. The van der Waals surface area contributed by atoms with Gasteiger partial charge in [-0.15, -0.1) is 0 Å². The third-order valence-corrected chi connectivity index (χ3v) is 4.81. The fourth-order valence-electron chi connectivity index (χ4n) is 0.539. The topological polar surface area (TPSA) is 27.7 Å². The van der Waals surface area contributed by atoms with Crippen LogP contribution in [0.15, 0.2) is 0 Å². The first kappa shape index (κ1) is 13.6. The average Bonchev–Trinajstić information content (AvgIpc) is 1.80. The molecule has 0 aliphatic carbocycles. The van der Waals surface area contributed by atoms with E-state index < -0.39 is 18.5 Å². The third-order valence-electron chi connectivity index (χ3n) is 0.813. The molecule has 81 valence electrons. The Labute approximate surface area is 88.7 Å². The number of hydrogen-bond donors (Lipinski definition) is 0. The molecule has 0 aromatic heterocycles. The molecule has 0 fully saturated rings. The van der Waals surface area contributed by atoms with E-state index in [1.54, 1.807) is 0 Å². The van der Waals surface area contributed by atoms with Crippen molar-refractivity contribution >= 4 is 0 Å². The van der Waals surface area contributed by atoms with Gasteiger partial charge in [0.25, 0.3) is 0 Å². The normalized spacial score (nSPS) is 12.5. The van der Waals surface area contributed by atoms with Gasteiger partial charge in [0.2, 0.25) is 0 Å². The maximum atomic E-state index is 5.60. The standard InChI is InChI=1S/3C3H7O.Mo/c3*1-3(2)4;/h3*3H,1-2H3;/q3*-1;+3. The summed E-state index contributed by atoms with van der Waals surface area (Å²) < 4.78 is 16.8. The van der Waals surface area contributed by atoms with Gasteiger partial charge in [-0.1, -0.05) is 0 Å². The van der Waals surface area contributed by atoms with Gasteiger partial charge in [-0.3, -0.25) is 0 Å². The second-order valence-corrected chi connectivity index (χ2v) is 6.06. The molecular weight excluding hydrogens is 252 g/mol. The summed E-state index contributed by atoms with van der Waals surface area (Å²) in [6, 6.07) is 0. The minimum absolute atomic E-state index is 0.189. The molecule has 0 atom stereocenters. The quantitative estimate of drug-likeness (QED) is 0.696. The van der Waals surface area contributed by atoms with E-state index in [9.17, 15) is 0 Å². The Balaban J connectivity index is 3.87. The molecule has 0 aromatic rings. The molecule has 0 rings (SSSR count). The van der Waals surface area contributed by atoms with Crippen LogP contribution in [-0.4, -0.2) is 18.3 Å². The Hall–Kier alpha value is 0.568. The van der Waals surface area contributed by atoms with Crippen LogP contribution in [0.3, 0.4) is 0 Å². The predicted molar refractivity (Wildman–Crippen MR) is 48.7 cm³/mol. The second-order valence-electron chi connectivity index (χ2n) is 3.64. The summed E-state index contributed by atoms with van der Waals surface area (Å²) >= 11 is -2.21. The van der Waals surface area contributed by atoms with Crippen molar-refractivity contribution in [3.63, 3.8) is 0 Å². The van der Waals surface area contributed by atoms with Crippen LogP contribution in [0.5, 0.6) is 0 Å². The Morgan fingerprint density at radius 3 is 1.00 bits per heavy atom. The van der Waals surface area contributed by atoms with Crippen LogP contribution in [0.4, 0.5) is 0 Å². The van der Waals surface area contributed by atoms with Crippen molar-refractivity contribution in [2.75, 3.05) is 0 Å². The number of hydrogen-bond acceptors (Lipinski definition) is 3. The van der Waals surface area contributed by atoms with Gasteiger partial charge in [-0.05, 0) is 0 Å². The van der Waals surface area contributed by atoms with Crippen LogP contribution in [-0.2, 0) is 28.6 Å². The van der Waals surface area contributed by atoms with Crippen molar-refractivity contribution in [1.29, 1.82) is 0 Å². The van der Waals surface area contributed by atoms with Gasteiger partial charge in [-0.2, -0.15) is 0 Å². The van der Waals surface area contributed by atoms with E-state index in [0.717, 1.165) is 0 Å². The SMILES string of the molecule is CC(C)[O][Mo]([O]C(C)C)[O]C(C)C. The summed E-state index contributed by atoms with van der Waals surface area (Å²) in [7, 11) is 0. The van der Waals surface area contributed by atoms with Crippen LogP contribution in [0.2, 0.25) is 0 Å². The zero-order valence-electron chi connectivity index (χ0n) is 9.37. The zero-order valence-corrected chi connectivity index (χ0v) is 11.4. The second kappa shape index (κ2) is 6.94. The summed E-state index contributed by atoms with van der Waals surface area (Å²) in [6.07, 6.45) is 0.567. The first-order chi connectivity index (χ1) is 5.91. The molecule has 0 saturated heterocycles. The van der Waals surface area contributed by atoms with Crippen LogP contribution in [0.25, 0.3) is 0 Å². The molecular formula is C9H21MoO3. The van der Waals surface area contributed by atoms with Crippen LogP contribution in [0.1, 0.15) is 41.5 Å². The molecule has 0 aromatic carbocycles. The average molecular weight is 273 g/mol. The Morgan fingerprint density at radius 2 is 0.846 bits per heavy atom. The molecule has 4 heteroatoms. The van der Waals surface area contributed by atoms with E-state index in [0.29, 0.717) is 0 Å². The fraction of sp³-hybridized carbons (Fsp3) is 1.00. The summed E-state index contributed by atoms with van der Waals surface area (Å²) in [5.41, 5.74) is 0. The van der Waals surface area contributed by atoms with Gasteiger partial charge in [0, 0.05) is 0 Å². The Morgan fingerprint density at radius 1 is 0.615 bits per heavy atom. The molecule has 0 radical (unpaired) electrons. The molecule has 0 heterocycles. The predicted octanol–water partition coefficient (Wildman–Crippen LogP) is 2.62. The van der Waals surface area contributed by atoms with Gasteiger partial charge in [0.1, 0.15) is 0 Å². The van der Waals surface area contributed by atoms with E-state index in [1.165, 1.54) is 0 Å². The van der Waals surface area contributed by atoms with E-state index in [1.807, 2.05) is 41.5 Å². The minimum atomic E-state index is -2.21. The Kier molecular flexibility index (Phi) is 7.24. The summed E-state index contributed by atoms with van der Waals surface area (Å²) in [5.74, 6) is 0. The van der Waals surface area contributed by atoms with Gasteiger partial charge in [-0.25, -0.2) is 0 Å². The van der Waals surface area contributed by atoms with E-state index in [-0.39, 0.29) is 18.3 Å². The van der Waals surface area contributed by atoms with Gasteiger partial charge in [0.15, 0.2) is 0 Å². The van der Waals surface area contributed by atoms with Crippen molar-refractivity contribution < 1.29 is 28.6 Å². The fourth-order valence-corrected chi connectivity index (χ4v) is 3.19. The molecule has 0 saturated carbocycles. The van der Waals surface area contributed by atoms with Gasteiger partial charge < -0.3 is 0 Å². The van der Waals surface area contributed by atoms with E-state index in [4.69, 9.17) is 10.2 Å². The first-order valence-corrected chi connectivity index (χ1v) is 7.13. The first-order valence-electron chi connectivity index (χ1n) is 4.67. The van der Waals surface area contributed by atoms with Crippen molar-refractivity contribution in [3.8, 4) is 0 Å². The van der Waals surface area contributed by atoms with Crippen molar-refractivity contribution in [1.82, 2.24) is 0 Å². The summed E-state index contributed by atoms with van der Waals surface area (Å²) in [6.45, 7) is 12.0. The zero-order chi connectivity index (χ0) is 10.4. The maximum absolute atomic E-state index is 5.60. The molecule has 0 N–H and O–H groups in total. The van der Waals surface area contributed by atoms with E-state index in [2.05, 4.69) is 0 Å². The number of rotatable bonds is 6. The molecule has 0 aliphatic rings. The summed E-state index contributed by atoms with van der Waals surface area (Å²) in [4.78, 5) is 0. The molecule has 13 heavy (non-hydrogen) atoms. The van der Waals surface area contributed by atoms with Crippen LogP contribution in [0, 0.1) is 0 Å². The molecule has 0 unspecified atom stereocenters. The molecule has 0 amide bonds. The molecule has 0 spiro atoms. The van der Waals surface area contributed by atoms with Gasteiger partial charge >= 0.3 is 88.5 Å². The molecule has 0 aliphatic heterocycles. The van der Waals surface area contributed by atoms with Gasteiger partial charge in [0.05, 0.1) is 0 Å². The van der Waals surface area contributed by atoms with Crippen LogP contribution < -0.4 is 0 Å². The van der Waals surface area contributed by atoms with E-state index >= 15 is 0 Å². The van der Waals surface area contributed by atoms with Crippen molar-refractivity contribution in [2.45, 2.75) is 59.9 Å². The van der Waals surface area contributed by atoms with Crippen molar-refractivity contribution in [2.24, 2.45) is 0 Å². The molecule has 0 bridgehead atoms. The third kappa shape index (κ3) is 8.89. The summed E-state index contributed by atoms with van der Waals surface area (Å²) in [5, 5.41) is 0. The van der Waals surface area contributed by atoms with Crippen LogP contribution >= 0.6 is 0 Å². The monoisotopic (exact) mass is 275 g/mol. The van der Waals surface area contributed by atoms with Crippen molar-refractivity contribution in [3.05, 3.63) is 0 Å².